The third-order valence-electron chi connectivity index (χ3n) is 4.60. The van der Waals surface area contributed by atoms with Crippen molar-refractivity contribution in [1.82, 2.24) is 9.88 Å². The Morgan fingerprint density at radius 3 is 2.59 bits per heavy atom. The van der Waals surface area contributed by atoms with Crippen molar-refractivity contribution in [1.29, 1.82) is 0 Å². The minimum Gasteiger partial charge on any atom is -0.493 e. The summed E-state index contributed by atoms with van der Waals surface area (Å²) in [6.07, 6.45) is 4.36. The molecule has 0 bridgehead atoms. The molecular formula is C23H28F2N2O6S. The number of nitrogens with one attached hydrogen (secondary N) is 1. The normalized spacial score (nSPS) is 13.1. The molecule has 34 heavy (non-hydrogen) atoms. The summed E-state index contributed by atoms with van der Waals surface area (Å²) in [6, 6.07) is 4.17. The van der Waals surface area contributed by atoms with Gasteiger partial charge in [-0.25, -0.2) is 4.79 Å². The van der Waals surface area contributed by atoms with Gasteiger partial charge in [0.05, 0.1) is 24.3 Å². The van der Waals surface area contributed by atoms with Gasteiger partial charge in [-0.3, -0.25) is 14.2 Å². The number of methoxy groups -OCH3 is 1. The van der Waals surface area contributed by atoms with E-state index in [9.17, 15) is 23.2 Å². The molecule has 2 rings (SSSR count). The number of rotatable bonds is 11. The number of nitrogens with zero attached hydrogens (tertiary/aromatic N) is 1. The van der Waals surface area contributed by atoms with Crippen molar-refractivity contribution in [3.8, 4) is 11.5 Å². The number of alkyl halides is 2. The first-order valence-corrected chi connectivity index (χ1v) is 11.5. The summed E-state index contributed by atoms with van der Waals surface area (Å²) in [5.41, 5.74) is -0.00149. The van der Waals surface area contributed by atoms with Gasteiger partial charge < -0.3 is 19.5 Å². The molecular weight excluding hydrogens is 470 g/mol. The molecule has 0 unspecified atom stereocenters. The molecule has 186 valence electrons. The fraction of sp³-hybridized carbons (Fsp3) is 0.435. The highest BCUT2D eigenvalue weighted by atomic mass is 32.1. The minimum atomic E-state index is -3.01. The zero-order valence-corrected chi connectivity index (χ0v) is 20.2. The van der Waals surface area contributed by atoms with E-state index in [4.69, 9.17) is 9.47 Å². The van der Waals surface area contributed by atoms with E-state index in [0.717, 1.165) is 30.3 Å². The monoisotopic (exact) mass is 498 g/mol. The first-order chi connectivity index (χ1) is 16.2. The zero-order chi connectivity index (χ0) is 25.3. The van der Waals surface area contributed by atoms with Crippen molar-refractivity contribution in [2.24, 2.45) is 0 Å². The molecule has 1 aromatic heterocycles. The lowest BCUT2D eigenvalue weighted by atomic mass is 10.2. The quantitative estimate of drug-likeness (QED) is 0.476. The fourth-order valence-electron chi connectivity index (χ4n) is 3.17. The zero-order valence-electron chi connectivity index (χ0n) is 19.4. The van der Waals surface area contributed by atoms with E-state index < -0.39 is 18.1 Å². The first-order valence-electron chi connectivity index (χ1n) is 10.7. The molecule has 0 spiro atoms. The number of esters is 1. The van der Waals surface area contributed by atoms with Crippen molar-refractivity contribution < 1.29 is 32.6 Å². The molecule has 0 fully saturated rings. The Kier molecular flexibility index (Phi) is 10.2. The van der Waals surface area contributed by atoms with Gasteiger partial charge in [-0.05, 0) is 44.0 Å². The fourth-order valence-corrected chi connectivity index (χ4v) is 4.20. The highest BCUT2D eigenvalue weighted by Crippen LogP contribution is 2.29. The predicted molar refractivity (Wildman–Crippen MR) is 125 cm³/mol. The standard InChI is InChI=1S/C23H28F2N2O6S/c1-5-7-14(3)26-19(28)13-27-20(12-21(29)32-6-2)34-18(22(27)30)11-15-8-9-16(33-23(24)25)17(10-15)31-4/h8-12,14,23H,5-7,13H2,1-4H3,(H,26,28)/b18-11-,20-12+/t14-/m1/s1. The molecule has 1 atom stereocenters. The Bertz CT molecular complexity index is 1180. The average Bonchev–Trinajstić information content (AvgIpc) is 3.03. The topological polar surface area (TPSA) is 95.9 Å². The summed E-state index contributed by atoms with van der Waals surface area (Å²) in [5, 5.41) is 2.83. The molecule has 1 heterocycles. The predicted octanol–water partition coefficient (Wildman–Crippen LogP) is 2.00. The largest absolute Gasteiger partial charge is 0.493 e. The van der Waals surface area contributed by atoms with Crippen molar-refractivity contribution in [2.75, 3.05) is 13.7 Å². The van der Waals surface area contributed by atoms with Crippen molar-refractivity contribution >= 4 is 35.4 Å². The lowest BCUT2D eigenvalue weighted by Gasteiger charge is -2.12. The second-order valence-electron chi connectivity index (χ2n) is 7.28. The summed E-state index contributed by atoms with van der Waals surface area (Å²) in [6.45, 7) is 2.40. The number of hydrogen-bond acceptors (Lipinski definition) is 7. The number of benzene rings is 1. The van der Waals surface area contributed by atoms with Gasteiger partial charge in [-0.2, -0.15) is 8.78 Å². The van der Waals surface area contributed by atoms with E-state index in [1.807, 2.05) is 13.8 Å². The maximum Gasteiger partial charge on any atom is 0.387 e. The Balaban J connectivity index is 2.51. The lowest BCUT2D eigenvalue weighted by Crippen LogP contribution is -2.41. The highest BCUT2D eigenvalue weighted by molar-refractivity contribution is 7.07. The molecule has 0 aliphatic carbocycles. The van der Waals surface area contributed by atoms with Gasteiger partial charge in [0.15, 0.2) is 11.5 Å². The molecule has 8 nitrogen and oxygen atoms in total. The summed E-state index contributed by atoms with van der Waals surface area (Å²) in [4.78, 5) is 37.6. The molecule has 1 N–H and O–H groups in total. The van der Waals surface area contributed by atoms with Crippen LogP contribution in [0.5, 0.6) is 11.5 Å². The van der Waals surface area contributed by atoms with Crippen LogP contribution in [0.25, 0.3) is 12.2 Å². The van der Waals surface area contributed by atoms with Gasteiger partial charge in [0.1, 0.15) is 11.2 Å². The highest BCUT2D eigenvalue weighted by Gasteiger charge is 2.14. The maximum absolute atomic E-state index is 13.1. The molecule has 0 aliphatic rings. The summed E-state index contributed by atoms with van der Waals surface area (Å²) in [5.74, 6) is -1.08. The maximum atomic E-state index is 13.1. The van der Waals surface area contributed by atoms with E-state index in [0.29, 0.717) is 5.56 Å². The van der Waals surface area contributed by atoms with Crippen LogP contribution in [0.2, 0.25) is 0 Å². The van der Waals surface area contributed by atoms with E-state index in [2.05, 4.69) is 10.1 Å². The van der Waals surface area contributed by atoms with Crippen LogP contribution in [0.3, 0.4) is 0 Å². The van der Waals surface area contributed by atoms with Crippen molar-refractivity contribution in [3.05, 3.63) is 43.3 Å². The van der Waals surface area contributed by atoms with Gasteiger partial charge in [0, 0.05) is 6.04 Å². The lowest BCUT2D eigenvalue weighted by molar-refractivity contribution is -0.135. The molecule has 1 amide bonds. The van der Waals surface area contributed by atoms with Crippen LogP contribution in [-0.4, -0.2) is 42.8 Å². The molecule has 1 aromatic carbocycles. The Morgan fingerprint density at radius 2 is 1.97 bits per heavy atom. The summed E-state index contributed by atoms with van der Waals surface area (Å²) >= 11 is 1.00. The Hall–Kier alpha value is -3.21. The number of ether oxygens (including phenoxy) is 3. The Morgan fingerprint density at radius 1 is 1.24 bits per heavy atom. The number of aromatic nitrogens is 1. The van der Waals surface area contributed by atoms with Crippen LogP contribution in [0, 0.1) is 0 Å². The number of hydrogen-bond donors (Lipinski definition) is 1. The van der Waals surface area contributed by atoms with Gasteiger partial charge >= 0.3 is 12.6 Å². The summed E-state index contributed by atoms with van der Waals surface area (Å²) < 4.78 is 41.3. The molecule has 11 heteroatoms. The SMILES string of the molecule is CCC[C@@H](C)NC(=O)Cn1c(=O)/c(=C/c2ccc(OC(F)F)c(OC)c2)s/c1=C/C(=O)OCC. The van der Waals surface area contributed by atoms with Gasteiger partial charge in [-0.1, -0.05) is 19.4 Å². The smallest absolute Gasteiger partial charge is 0.387 e. The molecule has 0 saturated carbocycles. The molecule has 0 saturated heterocycles. The number of amides is 1. The number of thiazole rings is 1. The average molecular weight is 499 g/mol. The minimum absolute atomic E-state index is 0.0585. The van der Waals surface area contributed by atoms with Crippen LogP contribution in [0.15, 0.2) is 23.0 Å². The molecule has 2 aromatic rings. The van der Waals surface area contributed by atoms with Crippen LogP contribution in [-0.2, 0) is 20.9 Å². The van der Waals surface area contributed by atoms with E-state index in [1.165, 1.54) is 36.0 Å². The van der Waals surface area contributed by atoms with Crippen molar-refractivity contribution in [2.45, 2.75) is 52.8 Å². The van der Waals surface area contributed by atoms with Crippen molar-refractivity contribution in [3.63, 3.8) is 0 Å². The van der Waals surface area contributed by atoms with Gasteiger partial charge in [0.2, 0.25) is 5.91 Å². The van der Waals surface area contributed by atoms with Gasteiger partial charge in [0.25, 0.3) is 5.56 Å². The second-order valence-corrected chi connectivity index (χ2v) is 8.34. The number of carbonyl (C=O) groups excluding carboxylic acids is 2. The van der Waals surface area contributed by atoms with E-state index >= 15 is 0 Å². The second kappa shape index (κ2) is 12.9. The summed E-state index contributed by atoms with van der Waals surface area (Å²) in [7, 11) is 1.31. The number of halogens is 2. The van der Waals surface area contributed by atoms with Crippen LogP contribution < -0.4 is 29.5 Å². The Labute approximate surface area is 199 Å². The number of carbonyl (C=O) groups is 2. The van der Waals surface area contributed by atoms with Crippen LogP contribution in [0.4, 0.5) is 8.78 Å². The molecule has 0 aliphatic heterocycles. The van der Waals surface area contributed by atoms with E-state index in [1.54, 1.807) is 6.92 Å². The first kappa shape index (κ1) is 27.0. The van der Waals surface area contributed by atoms with Crippen LogP contribution in [0.1, 0.15) is 39.2 Å². The third-order valence-corrected chi connectivity index (χ3v) is 5.66. The van der Waals surface area contributed by atoms with Gasteiger partial charge in [-0.15, -0.1) is 11.3 Å². The molecule has 0 radical (unpaired) electrons. The van der Waals surface area contributed by atoms with E-state index in [-0.39, 0.29) is 45.8 Å². The third kappa shape index (κ3) is 7.68. The van der Waals surface area contributed by atoms with Crippen LogP contribution >= 0.6 is 11.3 Å².